The van der Waals surface area contributed by atoms with Gasteiger partial charge in [0.1, 0.15) is 0 Å². The topological polar surface area (TPSA) is 45.2 Å². The average Bonchev–Trinajstić information content (AvgIpc) is 3.49. The lowest BCUT2D eigenvalue weighted by Gasteiger charge is -2.19. The van der Waals surface area contributed by atoms with E-state index in [1.165, 1.54) is 22.4 Å². The molecule has 0 saturated heterocycles. The number of anilines is 1. The molecular formula is C25H25N3O. The Hall–Kier alpha value is -3.14. The maximum atomic E-state index is 12.4. The first kappa shape index (κ1) is 17.9. The van der Waals surface area contributed by atoms with Crippen molar-refractivity contribution in [2.75, 3.05) is 11.4 Å². The maximum absolute atomic E-state index is 12.4. The molecule has 2 aromatic carbocycles. The molecule has 2 aliphatic rings. The Morgan fingerprint density at radius 2 is 1.86 bits per heavy atom. The third-order valence-corrected chi connectivity index (χ3v) is 6.09. The number of hydrogen-bond donors (Lipinski definition) is 1. The van der Waals surface area contributed by atoms with Crippen molar-refractivity contribution in [3.63, 3.8) is 0 Å². The van der Waals surface area contributed by atoms with E-state index in [-0.39, 0.29) is 11.8 Å². The molecule has 0 unspecified atom stereocenters. The molecule has 0 radical (unpaired) electrons. The number of aromatic nitrogens is 1. The van der Waals surface area contributed by atoms with Gasteiger partial charge in [0, 0.05) is 43.6 Å². The Bertz CT molecular complexity index is 1000. The molecule has 29 heavy (non-hydrogen) atoms. The minimum atomic E-state index is 0.0914. The van der Waals surface area contributed by atoms with Crippen LogP contribution in [0.2, 0.25) is 0 Å². The molecule has 2 atom stereocenters. The predicted octanol–water partition coefficient (Wildman–Crippen LogP) is 4.06. The summed E-state index contributed by atoms with van der Waals surface area (Å²) in [5.41, 5.74) is 6.41. The number of hydrogen-bond acceptors (Lipinski definition) is 3. The lowest BCUT2D eigenvalue weighted by atomic mass is 10.1. The van der Waals surface area contributed by atoms with Crippen molar-refractivity contribution >= 4 is 11.6 Å². The lowest BCUT2D eigenvalue weighted by molar-refractivity contribution is -0.122. The van der Waals surface area contributed by atoms with Crippen LogP contribution in [0.25, 0.3) is 0 Å². The van der Waals surface area contributed by atoms with Crippen LogP contribution in [0.4, 0.5) is 5.69 Å². The molecule has 146 valence electrons. The van der Waals surface area contributed by atoms with Gasteiger partial charge in [0.2, 0.25) is 5.91 Å². The Balaban J connectivity index is 1.13. The predicted molar refractivity (Wildman–Crippen MR) is 115 cm³/mol. The molecule has 1 fully saturated rings. The normalized spacial score (nSPS) is 19.7. The summed E-state index contributed by atoms with van der Waals surface area (Å²) in [4.78, 5) is 19.0. The van der Waals surface area contributed by atoms with Crippen molar-refractivity contribution in [2.24, 2.45) is 5.92 Å². The molecule has 1 amide bonds. The minimum absolute atomic E-state index is 0.0914. The molecule has 1 aliphatic carbocycles. The molecule has 1 aromatic heterocycles. The van der Waals surface area contributed by atoms with Gasteiger partial charge < -0.3 is 10.2 Å². The van der Waals surface area contributed by atoms with Crippen molar-refractivity contribution in [2.45, 2.75) is 31.8 Å². The van der Waals surface area contributed by atoms with E-state index in [2.05, 4.69) is 69.8 Å². The largest absolute Gasteiger partial charge is 0.367 e. The van der Waals surface area contributed by atoms with Crippen LogP contribution in [0.15, 0.2) is 73.1 Å². The molecule has 4 nitrogen and oxygen atoms in total. The molecule has 3 aromatic rings. The second kappa shape index (κ2) is 7.70. The summed E-state index contributed by atoms with van der Waals surface area (Å²) in [5, 5.41) is 3.10. The van der Waals surface area contributed by atoms with Crippen LogP contribution in [0.3, 0.4) is 0 Å². The zero-order chi connectivity index (χ0) is 19.6. The van der Waals surface area contributed by atoms with Crippen LogP contribution in [0.5, 0.6) is 0 Å². The summed E-state index contributed by atoms with van der Waals surface area (Å²) in [6.07, 6.45) is 5.69. The Kier molecular flexibility index (Phi) is 4.76. The first-order valence-corrected chi connectivity index (χ1v) is 10.4. The van der Waals surface area contributed by atoms with Gasteiger partial charge in [0.15, 0.2) is 0 Å². The van der Waals surface area contributed by atoms with Crippen LogP contribution < -0.4 is 10.2 Å². The van der Waals surface area contributed by atoms with E-state index in [9.17, 15) is 4.79 Å². The molecule has 1 saturated carbocycles. The third-order valence-electron chi connectivity index (χ3n) is 6.09. The van der Waals surface area contributed by atoms with Gasteiger partial charge in [-0.25, -0.2) is 0 Å². The van der Waals surface area contributed by atoms with E-state index in [1.54, 1.807) is 6.20 Å². The number of amides is 1. The number of fused-ring (bicyclic) bond motifs is 1. The Morgan fingerprint density at radius 3 is 2.69 bits per heavy atom. The van der Waals surface area contributed by atoms with E-state index in [1.807, 2.05) is 12.3 Å². The quantitative estimate of drug-likeness (QED) is 0.698. The summed E-state index contributed by atoms with van der Waals surface area (Å²) < 4.78 is 0. The third kappa shape index (κ3) is 3.88. The minimum Gasteiger partial charge on any atom is -0.367 e. The fraction of sp³-hybridized carbons (Fsp3) is 0.280. The lowest BCUT2D eigenvalue weighted by Crippen LogP contribution is -2.25. The van der Waals surface area contributed by atoms with Gasteiger partial charge in [0.25, 0.3) is 0 Å². The summed E-state index contributed by atoms with van der Waals surface area (Å²) in [7, 11) is 0. The van der Waals surface area contributed by atoms with E-state index < -0.39 is 0 Å². The Morgan fingerprint density at radius 1 is 1.03 bits per heavy atom. The van der Waals surface area contributed by atoms with Gasteiger partial charge in [-0.3, -0.25) is 9.78 Å². The summed E-state index contributed by atoms with van der Waals surface area (Å²) in [6.45, 7) is 2.59. The van der Waals surface area contributed by atoms with Crippen LogP contribution in [-0.2, 0) is 24.3 Å². The zero-order valence-corrected chi connectivity index (χ0v) is 16.4. The summed E-state index contributed by atoms with van der Waals surface area (Å²) in [6, 6.07) is 21.3. The highest BCUT2D eigenvalue weighted by molar-refractivity contribution is 5.82. The van der Waals surface area contributed by atoms with Gasteiger partial charge >= 0.3 is 0 Å². The molecule has 0 spiro atoms. The molecule has 5 rings (SSSR count). The van der Waals surface area contributed by atoms with Gasteiger partial charge in [-0.2, -0.15) is 0 Å². The smallest absolute Gasteiger partial charge is 0.224 e. The zero-order valence-electron chi connectivity index (χ0n) is 16.4. The first-order chi connectivity index (χ1) is 14.3. The molecule has 2 heterocycles. The summed E-state index contributed by atoms with van der Waals surface area (Å²) in [5.74, 6) is 0.569. The molecule has 1 N–H and O–H groups in total. The van der Waals surface area contributed by atoms with Crippen LogP contribution >= 0.6 is 0 Å². The highest BCUT2D eigenvalue weighted by Crippen LogP contribution is 2.47. The first-order valence-electron chi connectivity index (χ1n) is 10.4. The number of para-hydroxylation sites is 1. The SMILES string of the molecule is O=C(NCc1ccc(CN2CCc3ccccc32)cc1)[C@@H]1C[C@@H]1c1cccnc1. The van der Waals surface area contributed by atoms with Gasteiger partial charge in [-0.05, 0) is 53.1 Å². The van der Waals surface area contributed by atoms with Gasteiger partial charge in [0.05, 0.1) is 0 Å². The molecule has 0 bridgehead atoms. The van der Waals surface area contributed by atoms with E-state index >= 15 is 0 Å². The van der Waals surface area contributed by atoms with Crippen LogP contribution in [-0.4, -0.2) is 17.4 Å². The van der Waals surface area contributed by atoms with E-state index in [4.69, 9.17) is 0 Å². The highest BCUT2D eigenvalue weighted by Gasteiger charge is 2.43. The van der Waals surface area contributed by atoms with Gasteiger partial charge in [-0.1, -0.05) is 48.5 Å². The van der Waals surface area contributed by atoms with Crippen LogP contribution in [0.1, 0.15) is 34.6 Å². The van der Waals surface area contributed by atoms with E-state index in [0.717, 1.165) is 31.5 Å². The van der Waals surface area contributed by atoms with Crippen molar-refractivity contribution in [3.05, 3.63) is 95.3 Å². The fourth-order valence-corrected chi connectivity index (χ4v) is 4.32. The standard InChI is InChI=1S/C25H25N3O/c29-25(23-14-22(23)21-5-3-12-26-16-21)27-15-18-7-9-19(10-8-18)17-28-13-11-20-4-1-2-6-24(20)28/h1-10,12,16,22-23H,11,13-15,17H2,(H,27,29)/t22-,23-/m1/s1. The summed E-state index contributed by atoms with van der Waals surface area (Å²) >= 11 is 0. The van der Waals surface area contributed by atoms with Crippen molar-refractivity contribution in [1.29, 1.82) is 0 Å². The molecular weight excluding hydrogens is 358 g/mol. The number of rotatable bonds is 6. The Labute approximate surface area is 171 Å². The number of carbonyl (C=O) groups is 1. The van der Waals surface area contributed by atoms with Crippen molar-refractivity contribution < 1.29 is 4.79 Å². The number of pyridine rings is 1. The van der Waals surface area contributed by atoms with Crippen molar-refractivity contribution in [3.8, 4) is 0 Å². The molecule has 4 heteroatoms. The monoisotopic (exact) mass is 383 g/mol. The maximum Gasteiger partial charge on any atom is 0.224 e. The number of nitrogens with zero attached hydrogens (tertiary/aromatic N) is 2. The highest BCUT2D eigenvalue weighted by atomic mass is 16.2. The van der Waals surface area contributed by atoms with Crippen molar-refractivity contribution in [1.82, 2.24) is 10.3 Å². The van der Waals surface area contributed by atoms with Crippen LogP contribution in [0, 0.1) is 5.92 Å². The number of carbonyl (C=O) groups excluding carboxylic acids is 1. The number of nitrogens with one attached hydrogen (secondary N) is 1. The van der Waals surface area contributed by atoms with Gasteiger partial charge in [-0.15, -0.1) is 0 Å². The average molecular weight is 383 g/mol. The fourth-order valence-electron chi connectivity index (χ4n) is 4.32. The number of benzene rings is 2. The van der Waals surface area contributed by atoms with E-state index in [0.29, 0.717) is 12.5 Å². The second-order valence-corrected chi connectivity index (χ2v) is 8.07. The molecule has 1 aliphatic heterocycles. The second-order valence-electron chi connectivity index (χ2n) is 8.07.